The molecule has 0 bridgehead atoms. The van der Waals surface area contributed by atoms with Gasteiger partial charge in [0.1, 0.15) is 0 Å². The Hall–Kier alpha value is -2.42. The number of benzene rings is 3. The highest BCUT2D eigenvalue weighted by molar-refractivity contribution is 5.71. The van der Waals surface area contributed by atoms with E-state index in [1.54, 1.807) is 0 Å². The summed E-state index contributed by atoms with van der Waals surface area (Å²) >= 11 is 0. The molecule has 164 valence electrons. The summed E-state index contributed by atoms with van der Waals surface area (Å²) in [4.78, 5) is 0. The number of aliphatic hydroxyl groups excluding tert-OH is 2. The topological polar surface area (TPSA) is 40.5 Å². The summed E-state index contributed by atoms with van der Waals surface area (Å²) in [7, 11) is 0. The van der Waals surface area contributed by atoms with Crippen molar-refractivity contribution in [2.75, 3.05) is 13.2 Å². The van der Waals surface area contributed by atoms with Crippen molar-refractivity contribution in [1.29, 1.82) is 0 Å². The zero-order chi connectivity index (χ0) is 22.1. The molecule has 2 N–H and O–H groups in total. The first-order chi connectivity index (χ1) is 15.2. The van der Waals surface area contributed by atoms with Crippen LogP contribution in [0.15, 0.2) is 66.7 Å². The normalized spacial score (nSPS) is 11.3. The molecule has 0 fully saturated rings. The lowest BCUT2D eigenvalue weighted by molar-refractivity contribution is 0.144. The van der Waals surface area contributed by atoms with E-state index in [4.69, 9.17) is 0 Å². The molecule has 0 atom stereocenters. The molecule has 0 saturated heterocycles. The average Bonchev–Trinajstić information content (AvgIpc) is 2.83. The quantitative estimate of drug-likeness (QED) is 0.415. The highest BCUT2D eigenvalue weighted by Gasteiger charge is 2.12. The van der Waals surface area contributed by atoms with Gasteiger partial charge >= 0.3 is 0 Å². The Bertz CT molecular complexity index is 942. The standard InChI is InChI=1S/C29H36O2/c1-3-26-18-23(11-10-22-8-6-5-7-9-22)14-16-28(26)29-17-15-24(19-27(29)4-2)12-13-25(20-30)21-31/h5-9,14-19,25,30-31H,3-4,10-13,20-21H2,1-2H3. The fraction of sp³-hybridized carbons (Fsp3) is 0.379. The summed E-state index contributed by atoms with van der Waals surface area (Å²) < 4.78 is 0. The van der Waals surface area contributed by atoms with Crippen LogP contribution >= 0.6 is 0 Å². The van der Waals surface area contributed by atoms with Crippen molar-refractivity contribution >= 4 is 0 Å². The lowest BCUT2D eigenvalue weighted by Gasteiger charge is -2.16. The fourth-order valence-electron chi connectivity index (χ4n) is 4.26. The Morgan fingerprint density at radius 2 is 1.13 bits per heavy atom. The minimum Gasteiger partial charge on any atom is -0.396 e. The number of hydrogen-bond acceptors (Lipinski definition) is 2. The molecule has 0 aliphatic carbocycles. The molecule has 0 aliphatic rings. The Labute approximate surface area is 187 Å². The Morgan fingerprint density at radius 1 is 0.613 bits per heavy atom. The monoisotopic (exact) mass is 416 g/mol. The lowest BCUT2D eigenvalue weighted by atomic mass is 9.89. The molecular formula is C29H36O2. The molecule has 0 radical (unpaired) electrons. The van der Waals surface area contributed by atoms with E-state index in [0.717, 1.165) is 38.5 Å². The molecule has 0 aliphatic heterocycles. The first-order valence-electron chi connectivity index (χ1n) is 11.7. The van der Waals surface area contributed by atoms with Crippen LogP contribution in [-0.4, -0.2) is 23.4 Å². The number of hydrogen-bond donors (Lipinski definition) is 2. The summed E-state index contributed by atoms with van der Waals surface area (Å²) in [5, 5.41) is 18.6. The van der Waals surface area contributed by atoms with E-state index >= 15 is 0 Å². The van der Waals surface area contributed by atoms with Crippen LogP contribution in [0.1, 0.15) is 48.1 Å². The molecule has 3 rings (SSSR count). The lowest BCUT2D eigenvalue weighted by Crippen LogP contribution is -2.12. The largest absolute Gasteiger partial charge is 0.396 e. The maximum absolute atomic E-state index is 9.32. The molecule has 3 aromatic carbocycles. The van der Waals surface area contributed by atoms with Crippen LogP contribution in [0.5, 0.6) is 0 Å². The molecule has 0 saturated carbocycles. The third-order valence-corrected chi connectivity index (χ3v) is 6.29. The van der Waals surface area contributed by atoms with Gasteiger partial charge in [0.2, 0.25) is 0 Å². The second-order valence-electron chi connectivity index (χ2n) is 8.45. The predicted molar refractivity (Wildman–Crippen MR) is 130 cm³/mol. The van der Waals surface area contributed by atoms with E-state index in [9.17, 15) is 10.2 Å². The van der Waals surface area contributed by atoms with Gasteiger partial charge in [-0.25, -0.2) is 0 Å². The van der Waals surface area contributed by atoms with Gasteiger partial charge < -0.3 is 10.2 Å². The van der Waals surface area contributed by atoms with Crippen molar-refractivity contribution in [2.45, 2.75) is 52.4 Å². The third-order valence-electron chi connectivity index (χ3n) is 6.29. The smallest absolute Gasteiger partial charge is 0.0481 e. The molecule has 31 heavy (non-hydrogen) atoms. The van der Waals surface area contributed by atoms with Gasteiger partial charge in [0.25, 0.3) is 0 Å². The molecule has 0 spiro atoms. The van der Waals surface area contributed by atoms with Crippen LogP contribution in [0.4, 0.5) is 0 Å². The molecule has 3 aromatic rings. The van der Waals surface area contributed by atoms with Crippen molar-refractivity contribution in [1.82, 2.24) is 0 Å². The van der Waals surface area contributed by atoms with Gasteiger partial charge in [0, 0.05) is 19.1 Å². The first-order valence-corrected chi connectivity index (χ1v) is 11.7. The van der Waals surface area contributed by atoms with E-state index in [-0.39, 0.29) is 19.1 Å². The van der Waals surface area contributed by atoms with Crippen LogP contribution in [0, 0.1) is 5.92 Å². The fourth-order valence-corrected chi connectivity index (χ4v) is 4.26. The highest BCUT2D eigenvalue weighted by atomic mass is 16.3. The highest BCUT2D eigenvalue weighted by Crippen LogP contribution is 2.30. The predicted octanol–water partition coefficient (Wildman–Crippen LogP) is 5.80. The molecule has 2 nitrogen and oxygen atoms in total. The van der Waals surface area contributed by atoms with Gasteiger partial charge in [-0.15, -0.1) is 0 Å². The minimum atomic E-state index is -0.0279. The van der Waals surface area contributed by atoms with Crippen LogP contribution < -0.4 is 0 Å². The van der Waals surface area contributed by atoms with E-state index in [0.29, 0.717) is 0 Å². The average molecular weight is 417 g/mol. The Kier molecular flexibility index (Phi) is 8.87. The van der Waals surface area contributed by atoms with Gasteiger partial charge in [-0.1, -0.05) is 80.6 Å². The van der Waals surface area contributed by atoms with Crippen LogP contribution in [0.25, 0.3) is 11.1 Å². The minimum absolute atomic E-state index is 0.0279. The van der Waals surface area contributed by atoms with Gasteiger partial charge in [-0.3, -0.25) is 0 Å². The first kappa shape index (κ1) is 23.2. The van der Waals surface area contributed by atoms with Crippen molar-refractivity contribution < 1.29 is 10.2 Å². The zero-order valence-electron chi connectivity index (χ0n) is 19.0. The second kappa shape index (κ2) is 11.8. The maximum Gasteiger partial charge on any atom is 0.0481 e. The Balaban J connectivity index is 1.79. The molecule has 2 heteroatoms. The summed E-state index contributed by atoms with van der Waals surface area (Å²) in [6.07, 6.45) is 5.85. The number of aliphatic hydroxyl groups is 2. The van der Waals surface area contributed by atoms with E-state index in [1.165, 1.54) is 38.9 Å². The molecular weight excluding hydrogens is 380 g/mol. The Morgan fingerprint density at radius 3 is 1.65 bits per heavy atom. The van der Waals surface area contributed by atoms with E-state index in [2.05, 4.69) is 80.6 Å². The van der Waals surface area contributed by atoms with Gasteiger partial charge in [-0.2, -0.15) is 0 Å². The summed E-state index contributed by atoms with van der Waals surface area (Å²) in [6.45, 7) is 4.55. The van der Waals surface area contributed by atoms with Crippen molar-refractivity contribution in [3.8, 4) is 11.1 Å². The van der Waals surface area contributed by atoms with Gasteiger partial charge in [-0.05, 0) is 77.5 Å². The van der Waals surface area contributed by atoms with Crippen molar-refractivity contribution in [3.05, 3.63) is 94.5 Å². The van der Waals surface area contributed by atoms with Crippen molar-refractivity contribution in [2.24, 2.45) is 5.92 Å². The van der Waals surface area contributed by atoms with E-state index < -0.39 is 0 Å². The third kappa shape index (κ3) is 6.29. The summed E-state index contributed by atoms with van der Waals surface area (Å²) in [5.74, 6) is -0.0279. The van der Waals surface area contributed by atoms with Crippen LogP contribution in [-0.2, 0) is 32.1 Å². The molecule has 0 unspecified atom stereocenters. The maximum atomic E-state index is 9.32. The summed E-state index contributed by atoms with van der Waals surface area (Å²) in [5.41, 5.74) is 9.53. The molecule has 0 amide bonds. The second-order valence-corrected chi connectivity index (χ2v) is 8.45. The summed E-state index contributed by atoms with van der Waals surface area (Å²) in [6, 6.07) is 24.5. The number of aryl methyl sites for hydroxylation is 5. The van der Waals surface area contributed by atoms with Crippen LogP contribution in [0.3, 0.4) is 0 Å². The number of rotatable bonds is 11. The van der Waals surface area contributed by atoms with E-state index in [1.807, 2.05) is 0 Å². The van der Waals surface area contributed by atoms with Gasteiger partial charge in [0.15, 0.2) is 0 Å². The molecule has 0 heterocycles. The van der Waals surface area contributed by atoms with Gasteiger partial charge in [0.05, 0.1) is 0 Å². The zero-order valence-corrected chi connectivity index (χ0v) is 19.0. The van der Waals surface area contributed by atoms with Crippen molar-refractivity contribution in [3.63, 3.8) is 0 Å². The van der Waals surface area contributed by atoms with Crippen LogP contribution in [0.2, 0.25) is 0 Å². The SMILES string of the molecule is CCc1cc(CCc2ccccc2)ccc1-c1ccc(CCC(CO)CO)cc1CC. The molecule has 0 aromatic heterocycles.